The number of amides is 2. The maximum Gasteiger partial charge on any atom is 0.321 e. The first-order valence-electron chi connectivity index (χ1n) is 7.19. The lowest BCUT2D eigenvalue weighted by Crippen LogP contribution is -2.29. The number of nitrogens with one attached hydrogen (secondary N) is 2. The van der Waals surface area contributed by atoms with Crippen molar-refractivity contribution in [1.29, 1.82) is 0 Å². The van der Waals surface area contributed by atoms with Crippen molar-refractivity contribution in [3.05, 3.63) is 40.9 Å². The van der Waals surface area contributed by atoms with Gasteiger partial charge in [-0.1, -0.05) is 48.6 Å². The summed E-state index contributed by atoms with van der Waals surface area (Å²) in [6.07, 6.45) is 3.80. The zero-order chi connectivity index (χ0) is 14.9. The van der Waals surface area contributed by atoms with Crippen LogP contribution in [-0.4, -0.2) is 22.8 Å². The first-order chi connectivity index (χ1) is 10.3. The Balaban J connectivity index is 1.65. The van der Waals surface area contributed by atoms with E-state index < -0.39 is 0 Å². The third-order valence-electron chi connectivity index (χ3n) is 2.92. The van der Waals surface area contributed by atoms with E-state index in [2.05, 4.69) is 39.9 Å². The van der Waals surface area contributed by atoms with Gasteiger partial charge in [-0.15, -0.1) is 10.2 Å². The largest absolute Gasteiger partial charge is 0.338 e. The van der Waals surface area contributed by atoms with Crippen LogP contribution >= 0.6 is 11.3 Å². The van der Waals surface area contributed by atoms with Gasteiger partial charge in [-0.3, -0.25) is 5.32 Å². The molecule has 0 bridgehead atoms. The Hall–Kier alpha value is -1.95. The molecule has 0 radical (unpaired) electrons. The molecule has 0 saturated heterocycles. The number of carbonyl (C=O) groups is 1. The first kappa shape index (κ1) is 15.4. The van der Waals surface area contributed by atoms with E-state index >= 15 is 0 Å². The van der Waals surface area contributed by atoms with Gasteiger partial charge in [-0.25, -0.2) is 4.79 Å². The lowest BCUT2D eigenvalue weighted by atomic mass is 10.1. The lowest BCUT2D eigenvalue weighted by Gasteiger charge is -2.05. The van der Waals surface area contributed by atoms with Gasteiger partial charge < -0.3 is 5.32 Å². The lowest BCUT2D eigenvalue weighted by molar-refractivity contribution is 0.252. The monoisotopic (exact) mass is 304 g/mol. The number of aryl methyl sites for hydroxylation is 2. The molecule has 2 rings (SSSR count). The summed E-state index contributed by atoms with van der Waals surface area (Å²) in [7, 11) is 0. The normalized spacial score (nSPS) is 10.3. The van der Waals surface area contributed by atoms with Crippen molar-refractivity contribution < 1.29 is 4.79 Å². The summed E-state index contributed by atoms with van der Waals surface area (Å²) in [5.74, 6) is 0. The smallest absolute Gasteiger partial charge is 0.321 e. The molecule has 0 aliphatic rings. The molecule has 0 spiro atoms. The van der Waals surface area contributed by atoms with Gasteiger partial charge in [0.05, 0.1) is 0 Å². The van der Waals surface area contributed by atoms with E-state index in [-0.39, 0.29) is 6.03 Å². The maximum absolute atomic E-state index is 11.7. The van der Waals surface area contributed by atoms with E-state index in [9.17, 15) is 4.79 Å². The van der Waals surface area contributed by atoms with Crippen LogP contribution in [0.5, 0.6) is 0 Å². The van der Waals surface area contributed by atoms with Gasteiger partial charge in [0.2, 0.25) is 5.13 Å². The predicted octanol–water partition coefficient (Wildman–Crippen LogP) is 3.24. The highest BCUT2D eigenvalue weighted by Gasteiger charge is 2.06. The predicted molar refractivity (Wildman–Crippen MR) is 85.7 cm³/mol. The van der Waals surface area contributed by atoms with Crippen LogP contribution in [0, 0.1) is 0 Å². The van der Waals surface area contributed by atoms with Crippen LogP contribution in [0.4, 0.5) is 9.93 Å². The van der Waals surface area contributed by atoms with Crippen molar-refractivity contribution >= 4 is 22.5 Å². The highest BCUT2D eigenvalue weighted by atomic mass is 32.1. The third-order valence-corrected chi connectivity index (χ3v) is 3.82. The summed E-state index contributed by atoms with van der Waals surface area (Å²) in [5, 5.41) is 15.0. The third kappa shape index (κ3) is 5.51. The Morgan fingerprint density at radius 1 is 1.19 bits per heavy atom. The number of benzene rings is 1. The fourth-order valence-electron chi connectivity index (χ4n) is 1.90. The van der Waals surface area contributed by atoms with Crippen molar-refractivity contribution in [3.63, 3.8) is 0 Å². The number of rotatable bonds is 7. The molecule has 0 saturated carbocycles. The molecule has 0 aliphatic carbocycles. The molecule has 112 valence electrons. The van der Waals surface area contributed by atoms with Crippen molar-refractivity contribution in [2.45, 2.75) is 32.6 Å². The Morgan fingerprint density at radius 3 is 2.76 bits per heavy atom. The zero-order valence-corrected chi connectivity index (χ0v) is 12.9. The summed E-state index contributed by atoms with van der Waals surface area (Å²) in [6, 6.07) is 10.0. The molecule has 1 heterocycles. The molecule has 2 amide bonds. The Kier molecular flexibility index (Phi) is 6.15. The highest BCUT2D eigenvalue weighted by Crippen LogP contribution is 2.16. The Bertz CT molecular complexity index is 556. The quantitative estimate of drug-likeness (QED) is 0.772. The molecule has 0 unspecified atom stereocenters. The van der Waals surface area contributed by atoms with Crippen molar-refractivity contribution in [1.82, 2.24) is 15.5 Å². The molecule has 0 aliphatic heterocycles. The van der Waals surface area contributed by atoms with E-state index in [1.165, 1.54) is 16.9 Å². The van der Waals surface area contributed by atoms with Crippen LogP contribution < -0.4 is 10.6 Å². The van der Waals surface area contributed by atoms with Crippen molar-refractivity contribution in [3.8, 4) is 0 Å². The number of aromatic nitrogens is 2. The fourth-order valence-corrected chi connectivity index (χ4v) is 2.74. The van der Waals surface area contributed by atoms with Crippen LogP contribution in [0.3, 0.4) is 0 Å². The molecule has 2 aromatic rings. The second kappa shape index (κ2) is 8.36. The molecule has 1 aromatic carbocycles. The van der Waals surface area contributed by atoms with Gasteiger partial charge in [-0.05, 0) is 24.8 Å². The zero-order valence-electron chi connectivity index (χ0n) is 12.1. The van der Waals surface area contributed by atoms with E-state index in [1.54, 1.807) is 0 Å². The molecule has 0 fully saturated rings. The minimum Gasteiger partial charge on any atom is -0.338 e. The molecule has 0 atom stereocenters. The van der Waals surface area contributed by atoms with Gasteiger partial charge in [0, 0.05) is 13.0 Å². The topological polar surface area (TPSA) is 66.9 Å². The van der Waals surface area contributed by atoms with Crippen LogP contribution in [0.2, 0.25) is 0 Å². The molecule has 2 N–H and O–H groups in total. The summed E-state index contributed by atoms with van der Waals surface area (Å²) >= 11 is 1.43. The van der Waals surface area contributed by atoms with E-state index in [0.717, 1.165) is 30.7 Å². The van der Waals surface area contributed by atoms with Crippen LogP contribution in [-0.2, 0) is 12.8 Å². The summed E-state index contributed by atoms with van der Waals surface area (Å²) in [4.78, 5) is 11.7. The van der Waals surface area contributed by atoms with E-state index in [1.807, 2.05) is 18.2 Å². The number of anilines is 1. The van der Waals surface area contributed by atoms with E-state index in [4.69, 9.17) is 0 Å². The first-order valence-corrected chi connectivity index (χ1v) is 8.00. The molecule has 5 nitrogen and oxygen atoms in total. The average Bonchev–Trinajstić information content (AvgIpc) is 2.92. The summed E-state index contributed by atoms with van der Waals surface area (Å²) in [6.45, 7) is 2.73. The minimum atomic E-state index is -0.220. The van der Waals surface area contributed by atoms with Crippen LogP contribution in [0.15, 0.2) is 30.3 Å². The summed E-state index contributed by atoms with van der Waals surface area (Å²) in [5.41, 5.74) is 1.29. The number of hydrogen-bond acceptors (Lipinski definition) is 4. The Morgan fingerprint density at radius 2 is 2.00 bits per heavy atom. The fraction of sp³-hybridized carbons (Fsp3) is 0.400. The molecular weight excluding hydrogens is 284 g/mol. The number of carbonyl (C=O) groups excluding carboxylic acids is 1. The highest BCUT2D eigenvalue weighted by molar-refractivity contribution is 7.15. The minimum absolute atomic E-state index is 0.220. The molecule has 21 heavy (non-hydrogen) atoms. The van der Waals surface area contributed by atoms with E-state index in [0.29, 0.717) is 11.7 Å². The number of hydrogen-bond donors (Lipinski definition) is 2. The second-order valence-corrected chi connectivity index (χ2v) is 5.78. The molecular formula is C15H20N4OS. The SMILES string of the molecule is CCCc1nnc(NC(=O)NCCCc2ccccc2)s1. The van der Waals surface area contributed by atoms with Crippen molar-refractivity contribution in [2.24, 2.45) is 0 Å². The summed E-state index contributed by atoms with van der Waals surface area (Å²) < 4.78 is 0. The van der Waals surface area contributed by atoms with Gasteiger partial charge in [-0.2, -0.15) is 0 Å². The number of nitrogens with zero attached hydrogens (tertiary/aromatic N) is 2. The molecule has 6 heteroatoms. The Labute approximate surface area is 128 Å². The van der Waals surface area contributed by atoms with Gasteiger partial charge in [0.25, 0.3) is 0 Å². The maximum atomic E-state index is 11.7. The molecule has 1 aromatic heterocycles. The average molecular weight is 304 g/mol. The van der Waals surface area contributed by atoms with Crippen LogP contribution in [0.25, 0.3) is 0 Å². The number of urea groups is 1. The van der Waals surface area contributed by atoms with Gasteiger partial charge in [0.1, 0.15) is 5.01 Å². The van der Waals surface area contributed by atoms with Crippen LogP contribution in [0.1, 0.15) is 30.3 Å². The van der Waals surface area contributed by atoms with Gasteiger partial charge in [0.15, 0.2) is 0 Å². The standard InChI is InChI=1S/C15H20N4OS/c1-2-7-13-18-19-15(21-13)17-14(20)16-11-6-10-12-8-4-3-5-9-12/h3-5,8-9H,2,6-7,10-11H2,1H3,(H2,16,17,19,20). The van der Waals surface area contributed by atoms with Crippen molar-refractivity contribution in [2.75, 3.05) is 11.9 Å². The van der Waals surface area contributed by atoms with Gasteiger partial charge >= 0.3 is 6.03 Å². The second-order valence-electron chi connectivity index (χ2n) is 4.72.